The summed E-state index contributed by atoms with van der Waals surface area (Å²) in [5.74, 6) is 0.615. The molecule has 19 heavy (non-hydrogen) atoms. The van der Waals surface area contributed by atoms with Crippen LogP contribution in [0.2, 0.25) is 0 Å². The Morgan fingerprint density at radius 3 is 2.47 bits per heavy atom. The molecule has 1 saturated heterocycles. The maximum absolute atomic E-state index is 12.2. The summed E-state index contributed by atoms with van der Waals surface area (Å²) in [6.45, 7) is 6.82. The minimum Gasteiger partial charge on any atom is -0.368 e. The first-order valence-electron chi connectivity index (χ1n) is 7.25. The summed E-state index contributed by atoms with van der Waals surface area (Å²) in [6, 6.07) is 0. The number of nitrogens with one attached hydrogen (secondary N) is 1. The quantitative estimate of drug-likeness (QED) is 0.715. The van der Waals surface area contributed by atoms with E-state index >= 15 is 0 Å². The standard InChI is InChI=1S/C14H27N3O2/c1-11(2)9-17(10-13(15)18)14(19)4-3-12-5-7-16-8-6-12/h11-12,16H,3-10H2,1-2H3,(H2,15,18). The minimum atomic E-state index is -0.434. The molecule has 0 atom stereocenters. The Morgan fingerprint density at radius 1 is 1.32 bits per heavy atom. The third-order valence-electron chi connectivity index (χ3n) is 3.51. The van der Waals surface area contributed by atoms with E-state index in [2.05, 4.69) is 5.32 Å². The van der Waals surface area contributed by atoms with Gasteiger partial charge in [-0.15, -0.1) is 0 Å². The van der Waals surface area contributed by atoms with Crippen LogP contribution in [0.25, 0.3) is 0 Å². The van der Waals surface area contributed by atoms with Crippen LogP contribution in [0.1, 0.15) is 39.5 Å². The topological polar surface area (TPSA) is 75.4 Å². The molecule has 0 aliphatic carbocycles. The molecule has 3 N–H and O–H groups in total. The number of carbonyl (C=O) groups excluding carboxylic acids is 2. The average Bonchev–Trinajstić information content (AvgIpc) is 2.35. The molecule has 1 aliphatic heterocycles. The van der Waals surface area contributed by atoms with Gasteiger partial charge in [-0.3, -0.25) is 9.59 Å². The molecule has 1 heterocycles. The van der Waals surface area contributed by atoms with Gasteiger partial charge < -0.3 is 16.0 Å². The van der Waals surface area contributed by atoms with Crippen LogP contribution in [0.15, 0.2) is 0 Å². The number of primary amides is 1. The lowest BCUT2D eigenvalue weighted by atomic mass is 9.93. The monoisotopic (exact) mass is 269 g/mol. The third-order valence-corrected chi connectivity index (χ3v) is 3.51. The van der Waals surface area contributed by atoms with Crippen molar-refractivity contribution in [2.45, 2.75) is 39.5 Å². The van der Waals surface area contributed by atoms with Crippen molar-refractivity contribution in [3.8, 4) is 0 Å². The van der Waals surface area contributed by atoms with Gasteiger partial charge in [0.25, 0.3) is 0 Å². The van der Waals surface area contributed by atoms with E-state index in [1.165, 1.54) is 0 Å². The summed E-state index contributed by atoms with van der Waals surface area (Å²) in [5.41, 5.74) is 5.20. The lowest BCUT2D eigenvalue weighted by Crippen LogP contribution is -2.40. The van der Waals surface area contributed by atoms with Crippen LogP contribution >= 0.6 is 0 Å². The normalized spacial score (nSPS) is 16.6. The summed E-state index contributed by atoms with van der Waals surface area (Å²) in [6.07, 6.45) is 3.75. The van der Waals surface area contributed by atoms with E-state index in [-0.39, 0.29) is 12.5 Å². The lowest BCUT2D eigenvalue weighted by Gasteiger charge is -2.26. The minimum absolute atomic E-state index is 0.0449. The largest absolute Gasteiger partial charge is 0.368 e. The molecule has 0 aromatic rings. The van der Waals surface area contributed by atoms with Crippen molar-refractivity contribution >= 4 is 11.8 Å². The maximum atomic E-state index is 12.2. The molecule has 0 bridgehead atoms. The van der Waals surface area contributed by atoms with Gasteiger partial charge in [-0.25, -0.2) is 0 Å². The predicted molar refractivity (Wildman–Crippen MR) is 75.4 cm³/mol. The molecule has 0 saturated carbocycles. The van der Waals surface area contributed by atoms with Crippen molar-refractivity contribution in [1.82, 2.24) is 10.2 Å². The molecular weight excluding hydrogens is 242 g/mol. The molecule has 5 heteroatoms. The Bertz CT molecular complexity index is 299. The van der Waals surface area contributed by atoms with Gasteiger partial charge in [0, 0.05) is 13.0 Å². The smallest absolute Gasteiger partial charge is 0.237 e. The molecular formula is C14H27N3O2. The number of piperidine rings is 1. The van der Waals surface area contributed by atoms with E-state index in [1.54, 1.807) is 4.90 Å². The van der Waals surface area contributed by atoms with E-state index in [0.29, 0.717) is 24.8 Å². The summed E-state index contributed by atoms with van der Waals surface area (Å²) in [5, 5.41) is 3.32. The summed E-state index contributed by atoms with van der Waals surface area (Å²) >= 11 is 0. The Labute approximate surface area is 115 Å². The maximum Gasteiger partial charge on any atom is 0.237 e. The Morgan fingerprint density at radius 2 is 1.95 bits per heavy atom. The van der Waals surface area contributed by atoms with Gasteiger partial charge >= 0.3 is 0 Å². The molecule has 5 nitrogen and oxygen atoms in total. The fraction of sp³-hybridized carbons (Fsp3) is 0.857. The summed E-state index contributed by atoms with van der Waals surface area (Å²) < 4.78 is 0. The van der Waals surface area contributed by atoms with Crippen molar-refractivity contribution in [2.24, 2.45) is 17.6 Å². The Balaban J connectivity index is 2.39. The number of nitrogens with two attached hydrogens (primary N) is 1. The zero-order chi connectivity index (χ0) is 14.3. The van der Waals surface area contributed by atoms with Gasteiger partial charge in [0.15, 0.2) is 0 Å². The molecule has 0 unspecified atom stereocenters. The van der Waals surface area contributed by atoms with Crippen LogP contribution in [0.5, 0.6) is 0 Å². The van der Waals surface area contributed by atoms with Crippen molar-refractivity contribution in [3.05, 3.63) is 0 Å². The average molecular weight is 269 g/mol. The molecule has 1 fully saturated rings. The molecule has 1 aliphatic rings. The van der Waals surface area contributed by atoms with E-state index in [0.717, 1.165) is 32.4 Å². The Hall–Kier alpha value is -1.10. The van der Waals surface area contributed by atoms with Crippen molar-refractivity contribution in [2.75, 3.05) is 26.2 Å². The van der Waals surface area contributed by atoms with Crippen molar-refractivity contribution in [1.29, 1.82) is 0 Å². The first kappa shape index (κ1) is 16.0. The first-order valence-corrected chi connectivity index (χ1v) is 7.25. The highest BCUT2D eigenvalue weighted by molar-refractivity contribution is 5.83. The highest BCUT2D eigenvalue weighted by Crippen LogP contribution is 2.18. The number of carbonyl (C=O) groups is 2. The van der Waals surface area contributed by atoms with Crippen LogP contribution in [0.4, 0.5) is 0 Å². The van der Waals surface area contributed by atoms with Gasteiger partial charge in [-0.05, 0) is 44.2 Å². The highest BCUT2D eigenvalue weighted by atomic mass is 16.2. The zero-order valence-electron chi connectivity index (χ0n) is 12.2. The molecule has 2 amide bonds. The lowest BCUT2D eigenvalue weighted by molar-refractivity contribution is -0.136. The first-order chi connectivity index (χ1) is 8.99. The van der Waals surface area contributed by atoms with Crippen LogP contribution < -0.4 is 11.1 Å². The van der Waals surface area contributed by atoms with Gasteiger partial charge in [0.1, 0.15) is 0 Å². The van der Waals surface area contributed by atoms with Crippen LogP contribution in [-0.4, -0.2) is 42.9 Å². The molecule has 1 rings (SSSR count). The summed E-state index contributed by atoms with van der Waals surface area (Å²) in [7, 11) is 0. The number of amides is 2. The van der Waals surface area contributed by atoms with Gasteiger partial charge in [0.05, 0.1) is 6.54 Å². The molecule has 0 radical (unpaired) electrons. The molecule has 0 spiro atoms. The SMILES string of the molecule is CC(C)CN(CC(N)=O)C(=O)CCC1CCNCC1. The second-order valence-electron chi connectivity index (χ2n) is 5.87. The van der Waals surface area contributed by atoms with Gasteiger partial charge in [-0.2, -0.15) is 0 Å². The second-order valence-corrected chi connectivity index (χ2v) is 5.87. The van der Waals surface area contributed by atoms with E-state index < -0.39 is 5.91 Å². The second kappa shape index (κ2) is 8.15. The predicted octanol–water partition coefficient (Wildman–Crippen LogP) is 0.736. The van der Waals surface area contributed by atoms with Gasteiger partial charge in [0.2, 0.25) is 11.8 Å². The Kier molecular flexibility index (Phi) is 6.84. The molecule has 0 aromatic heterocycles. The van der Waals surface area contributed by atoms with Crippen LogP contribution in [0, 0.1) is 11.8 Å². The third kappa shape index (κ3) is 6.57. The zero-order valence-corrected chi connectivity index (χ0v) is 12.2. The van der Waals surface area contributed by atoms with E-state index in [9.17, 15) is 9.59 Å². The number of hydrogen-bond donors (Lipinski definition) is 2. The fourth-order valence-corrected chi connectivity index (χ4v) is 2.54. The number of rotatable bonds is 7. The fourth-order valence-electron chi connectivity index (χ4n) is 2.54. The van der Waals surface area contributed by atoms with Gasteiger partial charge in [-0.1, -0.05) is 13.8 Å². The van der Waals surface area contributed by atoms with E-state index in [4.69, 9.17) is 5.73 Å². The number of nitrogens with zero attached hydrogens (tertiary/aromatic N) is 1. The van der Waals surface area contributed by atoms with Crippen LogP contribution in [0.3, 0.4) is 0 Å². The van der Waals surface area contributed by atoms with Crippen molar-refractivity contribution < 1.29 is 9.59 Å². The summed E-state index contributed by atoms with van der Waals surface area (Å²) in [4.78, 5) is 24.8. The van der Waals surface area contributed by atoms with Crippen LogP contribution in [-0.2, 0) is 9.59 Å². The van der Waals surface area contributed by atoms with E-state index in [1.807, 2.05) is 13.8 Å². The highest BCUT2D eigenvalue weighted by Gasteiger charge is 2.19. The molecule has 0 aromatic carbocycles. The van der Waals surface area contributed by atoms with Crippen molar-refractivity contribution in [3.63, 3.8) is 0 Å². The number of hydrogen-bond acceptors (Lipinski definition) is 3. The molecule has 110 valence electrons.